The van der Waals surface area contributed by atoms with Crippen LogP contribution in [0.5, 0.6) is 6.01 Å². The van der Waals surface area contributed by atoms with Gasteiger partial charge in [0, 0.05) is 67.9 Å². The number of furan rings is 1. The van der Waals surface area contributed by atoms with Gasteiger partial charge in [0.2, 0.25) is 5.56 Å². The molecule has 1 saturated carbocycles. The molecule has 2 N–H and O–H groups in total. The molecular weight excluding hydrogens is 644 g/mol. The van der Waals surface area contributed by atoms with E-state index < -0.39 is 28.6 Å². The molecule has 11 nitrogen and oxygen atoms in total. The van der Waals surface area contributed by atoms with Crippen LogP contribution in [0.15, 0.2) is 32.4 Å². The van der Waals surface area contributed by atoms with Crippen molar-refractivity contribution in [1.82, 2.24) is 29.7 Å². The van der Waals surface area contributed by atoms with Gasteiger partial charge < -0.3 is 28.9 Å². The topological polar surface area (TPSA) is 122 Å². The SMILES string of the molecule is Cc1cc(-c2c(C)cc(=O)[nH]c2-c2c(F)c3nc(OC[C@]45C[C@@H](F)CN4CC4(CCC4)C5)nc4c3n(c2=O)CCC2C3CCC(CN42)N3)co1. The van der Waals surface area contributed by atoms with Crippen molar-refractivity contribution in [1.29, 1.82) is 0 Å². The van der Waals surface area contributed by atoms with E-state index in [0.29, 0.717) is 66.3 Å². The van der Waals surface area contributed by atoms with Gasteiger partial charge in [0.15, 0.2) is 11.6 Å². The number of H-pyrrole nitrogens is 1. The Morgan fingerprint density at radius 1 is 1.10 bits per heavy atom. The summed E-state index contributed by atoms with van der Waals surface area (Å²) in [5.74, 6) is 0.290. The van der Waals surface area contributed by atoms with E-state index in [0.717, 1.165) is 38.6 Å². The molecule has 0 aromatic carbocycles. The number of nitrogens with one attached hydrogen (secondary N) is 2. The Balaban J connectivity index is 1.16. The number of fused-ring (bicyclic) bond motifs is 6. The van der Waals surface area contributed by atoms with Crippen LogP contribution < -0.4 is 26.1 Å². The Hall–Kier alpha value is -4.10. The largest absolute Gasteiger partial charge is 0.469 e. The van der Waals surface area contributed by atoms with Crippen molar-refractivity contribution in [3.63, 3.8) is 0 Å². The normalized spacial score (nSPS) is 29.3. The third-order valence-corrected chi connectivity index (χ3v) is 12.8. The van der Waals surface area contributed by atoms with E-state index >= 15 is 4.39 Å². The van der Waals surface area contributed by atoms with Crippen LogP contribution in [0.1, 0.15) is 62.7 Å². The maximum Gasteiger partial charge on any atom is 0.319 e. The molecule has 3 unspecified atom stereocenters. The van der Waals surface area contributed by atoms with Crippen LogP contribution in [-0.4, -0.2) is 80.5 Å². The number of aryl methyl sites for hydroxylation is 3. The highest BCUT2D eigenvalue weighted by Gasteiger charge is 2.60. The number of aromatic amines is 1. The predicted octanol–water partition coefficient (Wildman–Crippen LogP) is 4.61. The van der Waals surface area contributed by atoms with E-state index in [9.17, 15) is 14.0 Å². The zero-order valence-electron chi connectivity index (χ0n) is 28.4. The summed E-state index contributed by atoms with van der Waals surface area (Å²) in [6.45, 7) is 6.05. The molecule has 13 heteroatoms. The van der Waals surface area contributed by atoms with Crippen molar-refractivity contribution in [2.75, 3.05) is 31.1 Å². The molecule has 9 heterocycles. The number of halogens is 2. The molecule has 6 aliphatic rings. The van der Waals surface area contributed by atoms with Gasteiger partial charge in [-0.1, -0.05) is 6.42 Å². The quantitative estimate of drug-likeness (QED) is 0.310. The number of hydrogen-bond acceptors (Lipinski definition) is 9. The number of alkyl halides is 1. The number of hydrogen-bond donors (Lipinski definition) is 2. The highest BCUT2D eigenvalue weighted by Crippen LogP contribution is 2.57. The standard InChI is InChI=1S/C37H41F2N7O4/c1-19-10-26(47)41-30(27(19)21-11-20(2)49-15-21)28-29(39)31-32-33(46-14-23-4-5-24(40-23)25(46)6-9-45(32)34(28)48)43-35(42-31)50-18-37-12-22(38)13-44(37)17-36(16-37)7-3-8-36/h10-11,15,22-25,40H,3-9,12-14,16-18H2,1-2H3,(H,41,47)/t22-,23?,24?,25?,37-/m1/s1. The molecule has 5 fully saturated rings. The summed E-state index contributed by atoms with van der Waals surface area (Å²) in [7, 11) is 0. The van der Waals surface area contributed by atoms with Gasteiger partial charge in [-0.25, -0.2) is 8.78 Å². The minimum atomic E-state index is -0.922. The fourth-order valence-corrected chi connectivity index (χ4v) is 10.6. The minimum Gasteiger partial charge on any atom is -0.469 e. The third-order valence-electron chi connectivity index (χ3n) is 12.8. The molecule has 1 aliphatic carbocycles. The summed E-state index contributed by atoms with van der Waals surface area (Å²) in [5.41, 5.74) is 0.605. The number of pyridine rings is 2. The molecule has 262 valence electrons. The Bertz CT molecular complexity index is 2190. The lowest BCUT2D eigenvalue weighted by Crippen LogP contribution is -2.58. The molecule has 50 heavy (non-hydrogen) atoms. The van der Waals surface area contributed by atoms with E-state index in [-0.39, 0.29) is 52.9 Å². The van der Waals surface area contributed by atoms with E-state index in [4.69, 9.17) is 19.1 Å². The van der Waals surface area contributed by atoms with E-state index in [1.165, 1.54) is 12.5 Å². The van der Waals surface area contributed by atoms with Crippen molar-refractivity contribution >= 4 is 16.9 Å². The van der Waals surface area contributed by atoms with Crippen LogP contribution in [0.4, 0.5) is 14.6 Å². The summed E-state index contributed by atoms with van der Waals surface area (Å²) < 4.78 is 46.0. The van der Waals surface area contributed by atoms with E-state index in [2.05, 4.69) is 20.1 Å². The number of anilines is 1. The van der Waals surface area contributed by atoms with Crippen molar-refractivity contribution in [2.24, 2.45) is 5.41 Å². The van der Waals surface area contributed by atoms with Gasteiger partial charge in [-0.15, -0.1) is 0 Å². The van der Waals surface area contributed by atoms with E-state index in [1.54, 1.807) is 30.7 Å². The Morgan fingerprint density at radius 2 is 1.96 bits per heavy atom. The van der Waals surface area contributed by atoms with Gasteiger partial charge in [-0.3, -0.25) is 14.5 Å². The summed E-state index contributed by atoms with van der Waals surface area (Å²) in [4.78, 5) is 44.5. The molecule has 10 rings (SSSR count). The Morgan fingerprint density at radius 3 is 2.74 bits per heavy atom. The predicted molar refractivity (Wildman–Crippen MR) is 183 cm³/mol. The molecule has 4 saturated heterocycles. The molecule has 4 aromatic heterocycles. The first-order chi connectivity index (χ1) is 24.1. The first-order valence-corrected chi connectivity index (χ1v) is 18.1. The zero-order valence-corrected chi connectivity index (χ0v) is 28.4. The van der Waals surface area contributed by atoms with Crippen molar-refractivity contribution < 1.29 is 17.9 Å². The summed E-state index contributed by atoms with van der Waals surface area (Å²) in [6, 6.07) is 3.76. The lowest BCUT2D eigenvalue weighted by molar-refractivity contribution is 0.104. The third kappa shape index (κ3) is 4.44. The van der Waals surface area contributed by atoms with Crippen LogP contribution in [0.25, 0.3) is 33.4 Å². The average Bonchev–Trinajstić information content (AvgIpc) is 3.79. The maximum absolute atomic E-state index is 17.4. The monoisotopic (exact) mass is 685 g/mol. The molecule has 1 spiro atoms. The fourth-order valence-electron chi connectivity index (χ4n) is 10.6. The van der Waals surface area contributed by atoms with Gasteiger partial charge >= 0.3 is 6.01 Å². The first-order valence-electron chi connectivity index (χ1n) is 18.1. The molecule has 4 aromatic rings. The number of piperazine rings is 1. The Kier molecular flexibility index (Phi) is 6.57. The second kappa shape index (κ2) is 10.7. The highest BCUT2D eigenvalue weighted by atomic mass is 19.1. The van der Waals surface area contributed by atoms with Crippen LogP contribution >= 0.6 is 0 Å². The average molecular weight is 686 g/mol. The fraction of sp³-hybridized carbons (Fsp3) is 0.568. The summed E-state index contributed by atoms with van der Waals surface area (Å²) in [6.07, 6.45) is 8.09. The number of aromatic nitrogens is 4. The zero-order chi connectivity index (χ0) is 34.1. The van der Waals surface area contributed by atoms with E-state index in [1.807, 2.05) is 0 Å². The summed E-state index contributed by atoms with van der Waals surface area (Å²) >= 11 is 0. The lowest BCUT2D eigenvalue weighted by atomic mass is 9.65. The van der Waals surface area contributed by atoms with Crippen molar-refractivity contribution in [3.05, 3.63) is 56.2 Å². The maximum atomic E-state index is 17.4. The number of ether oxygens (including phenoxy) is 1. The summed E-state index contributed by atoms with van der Waals surface area (Å²) in [5, 5.41) is 3.74. The molecular formula is C37H41F2N7O4. The van der Waals surface area contributed by atoms with Crippen LogP contribution in [-0.2, 0) is 6.54 Å². The highest BCUT2D eigenvalue weighted by molar-refractivity contribution is 5.93. The van der Waals surface area contributed by atoms with Crippen LogP contribution in [0, 0.1) is 25.1 Å². The molecule has 5 aliphatic heterocycles. The smallest absolute Gasteiger partial charge is 0.319 e. The second-order valence-corrected chi connectivity index (χ2v) is 16.0. The van der Waals surface area contributed by atoms with Crippen LogP contribution in [0.3, 0.4) is 0 Å². The van der Waals surface area contributed by atoms with Crippen molar-refractivity contribution in [3.8, 4) is 28.4 Å². The molecule has 5 atom stereocenters. The van der Waals surface area contributed by atoms with Gasteiger partial charge in [-0.2, -0.15) is 9.97 Å². The van der Waals surface area contributed by atoms with Crippen LogP contribution in [0.2, 0.25) is 0 Å². The lowest BCUT2D eigenvalue weighted by Gasteiger charge is -2.41. The molecule has 2 bridgehead atoms. The van der Waals surface area contributed by atoms with Gasteiger partial charge in [-0.05, 0) is 69.4 Å². The molecule has 0 amide bonds. The molecule has 0 radical (unpaired) electrons. The Labute approximate surface area is 287 Å². The first kappa shape index (κ1) is 30.7. The van der Waals surface area contributed by atoms with Crippen molar-refractivity contribution in [2.45, 2.75) is 102 Å². The second-order valence-electron chi connectivity index (χ2n) is 16.0. The van der Waals surface area contributed by atoms with Gasteiger partial charge in [0.25, 0.3) is 5.56 Å². The number of rotatable bonds is 5. The minimum absolute atomic E-state index is 0.0173. The number of nitrogens with zero attached hydrogens (tertiary/aromatic N) is 5. The van der Waals surface area contributed by atoms with Gasteiger partial charge in [0.1, 0.15) is 35.1 Å². The van der Waals surface area contributed by atoms with Gasteiger partial charge in [0.05, 0.1) is 17.5 Å².